The van der Waals surface area contributed by atoms with Crippen molar-refractivity contribution in [3.8, 4) is 5.75 Å². The smallest absolute Gasteiger partial charge is 0.122 e. The SMILES string of the molecule is COc1cccc(CN(C)c2ccnc(C(N)=S)c2)c1. The first kappa shape index (κ1) is 14.3. The molecule has 1 heterocycles. The van der Waals surface area contributed by atoms with E-state index in [4.69, 9.17) is 22.7 Å². The molecule has 0 radical (unpaired) electrons. The van der Waals surface area contributed by atoms with Gasteiger partial charge in [0.25, 0.3) is 0 Å². The van der Waals surface area contributed by atoms with Crippen molar-refractivity contribution < 1.29 is 4.74 Å². The Balaban J connectivity index is 2.16. The quantitative estimate of drug-likeness (QED) is 0.856. The zero-order chi connectivity index (χ0) is 14.5. The molecule has 1 aromatic heterocycles. The standard InChI is InChI=1S/C15H17N3OS/c1-18(10-11-4-3-5-13(8-11)19-2)12-6-7-17-14(9-12)15(16)20/h3-9H,10H2,1-2H3,(H2,16,20). The van der Waals surface area contributed by atoms with Crippen molar-refractivity contribution >= 4 is 22.9 Å². The number of aromatic nitrogens is 1. The molecule has 2 N–H and O–H groups in total. The van der Waals surface area contributed by atoms with E-state index in [1.165, 1.54) is 5.56 Å². The van der Waals surface area contributed by atoms with E-state index in [9.17, 15) is 0 Å². The summed E-state index contributed by atoms with van der Waals surface area (Å²) < 4.78 is 5.23. The first-order chi connectivity index (χ1) is 9.60. The maximum atomic E-state index is 5.61. The summed E-state index contributed by atoms with van der Waals surface area (Å²) >= 11 is 4.95. The number of nitrogens with zero attached hydrogens (tertiary/aromatic N) is 2. The van der Waals surface area contributed by atoms with Crippen LogP contribution < -0.4 is 15.4 Å². The highest BCUT2D eigenvalue weighted by Crippen LogP contribution is 2.18. The van der Waals surface area contributed by atoms with Crippen LogP contribution in [0.4, 0.5) is 5.69 Å². The zero-order valence-electron chi connectivity index (χ0n) is 11.5. The van der Waals surface area contributed by atoms with Crippen LogP contribution >= 0.6 is 12.2 Å². The lowest BCUT2D eigenvalue weighted by molar-refractivity contribution is 0.414. The highest BCUT2D eigenvalue weighted by atomic mass is 32.1. The van der Waals surface area contributed by atoms with E-state index < -0.39 is 0 Å². The van der Waals surface area contributed by atoms with Gasteiger partial charge >= 0.3 is 0 Å². The molecule has 2 rings (SSSR count). The Labute approximate surface area is 124 Å². The maximum Gasteiger partial charge on any atom is 0.122 e. The molecule has 0 saturated heterocycles. The molecule has 4 nitrogen and oxygen atoms in total. The number of pyridine rings is 1. The van der Waals surface area contributed by atoms with Gasteiger partial charge in [-0.3, -0.25) is 4.98 Å². The fourth-order valence-electron chi connectivity index (χ4n) is 1.93. The van der Waals surface area contributed by atoms with Crippen molar-refractivity contribution in [1.82, 2.24) is 4.98 Å². The number of ether oxygens (including phenoxy) is 1. The van der Waals surface area contributed by atoms with Gasteiger partial charge in [0.15, 0.2) is 0 Å². The van der Waals surface area contributed by atoms with Crippen LogP contribution in [-0.2, 0) is 6.54 Å². The Morgan fingerprint density at radius 3 is 2.85 bits per heavy atom. The molecule has 1 aromatic carbocycles. The summed E-state index contributed by atoms with van der Waals surface area (Å²) in [6, 6.07) is 11.8. The molecule has 0 atom stereocenters. The predicted molar refractivity (Wildman–Crippen MR) is 85.2 cm³/mol. The van der Waals surface area contributed by atoms with Crippen LogP contribution in [0.1, 0.15) is 11.3 Å². The minimum absolute atomic E-state index is 0.307. The topological polar surface area (TPSA) is 51.4 Å². The summed E-state index contributed by atoms with van der Waals surface area (Å²) in [7, 11) is 3.68. The lowest BCUT2D eigenvalue weighted by Gasteiger charge is -2.20. The molecule has 0 unspecified atom stereocenters. The van der Waals surface area contributed by atoms with E-state index >= 15 is 0 Å². The van der Waals surface area contributed by atoms with E-state index in [0.29, 0.717) is 10.7 Å². The molecule has 104 valence electrons. The van der Waals surface area contributed by atoms with Gasteiger partial charge in [0.1, 0.15) is 10.7 Å². The molecule has 5 heteroatoms. The molecule has 0 bridgehead atoms. The van der Waals surface area contributed by atoms with Gasteiger partial charge in [-0.1, -0.05) is 24.4 Å². The van der Waals surface area contributed by atoms with Gasteiger partial charge in [-0.25, -0.2) is 0 Å². The number of hydrogen-bond donors (Lipinski definition) is 1. The monoisotopic (exact) mass is 287 g/mol. The van der Waals surface area contributed by atoms with Crippen LogP contribution in [0.2, 0.25) is 0 Å². The number of benzene rings is 1. The highest BCUT2D eigenvalue weighted by Gasteiger charge is 2.06. The number of methoxy groups -OCH3 is 1. The first-order valence-corrected chi connectivity index (χ1v) is 6.61. The second-order valence-corrected chi connectivity index (χ2v) is 4.91. The van der Waals surface area contributed by atoms with Gasteiger partial charge in [0.2, 0.25) is 0 Å². The average Bonchev–Trinajstić information content (AvgIpc) is 2.47. The predicted octanol–water partition coefficient (Wildman–Crippen LogP) is 2.36. The lowest BCUT2D eigenvalue weighted by Crippen LogP contribution is -2.18. The fourth-order valence-corrected chi connectivity index (χ4v) is 2.04. The Bertz CT molecular complexity index is 616. The van der Waals surface area contributed by atoms with Crippen molar-refractivity contribution in [2.24, 2.45) is 5.73 Å². The minimum atomic E-state index is 0.307. The number of thiocarbonyl (C=S) groups is 1. The highest BCUT2D eigenvalue weighted by molar-refractivity contribution is 7.80. The van der Waals surface area contributed by atoms with Crippen molar-refractivity contribution in [3.63, 3.8) is 0 Å². The van der Waals surface area contributed by atoms with E-state index in [0.717, 1.165) is 18.0 Å². The van der Waals surface area contributed by atoms with Gasteiger partial charge < -0.3 is 15.4 Å². The summed E-state index contributed by atoms with van der Waals surface area (Å²) in [5, 5.41) is 0. The minimum Gasteiger partial charge on any atom is -0.497 e. The number of nitrogens with two attached hydrogens (primary N) is 1. The van der Waals surface area contributed by atoms with Gasteiger partial charge in [-0.2, -0.15) is 0 Å². The normalized spacial score (nSPS) is 10.1. The van der Waals surface area contributed by atoms with Gasteiger partial charge in [-0.15, -0.1) is 0 Å². The lowest BCUT2D eigenvalue weighted by atomic mass is 10.2. The number of hydrogen-bond acceptors (Lipinski definition) is 4. The van der Waals surface area contributed by atoms with Crippen molar-refractivity contribution in [2.75, 3.05) is 19.1 Å². The Morgan fingerprint density at radius 2 is 2.15 bits per heavy atom. The maximum absolute atomic E-state index is 5.61. The molecular formula is C15H17N3OS. The second kappa shape index (κ2) is 6.34. The van der Waals surface area contributed by atoms with Crippen molar-refractivity contribution in [3.05, 3.63) is 53.9 Å². The van der Waals surface area contributed by atoms with E-state index in [1.807, 2.05) is 37.4 Å². The summed E-state index contributed by atoms with van der Waals surface area (Å²) in [5.41, 5.74) is 8.43. The number of rotatable bonds is 5. The molecule has 0 aliphatic rings. The van der Waals surface area contributed by atoms with Crippen LogP contribution in [0.3, 0.4) is 0 Å². The number of anilines is 1. The van der Waals surface area contributed by atoms with Gasteiger partial charge in [-0.05, 0) is 29.8 Å². The molecule has 2 aromatic rings. The largest absolute Gasteiger partial charge is 0.497 e. The Morgan fingerprint density at radius 1 is 1.35 bits per heavy atom. The third-order valence-corrected chi connectivity index (χ3v) is 3.20. The van der Waals surface area contributed by atoms with E-state index in [2.05, 4.69) is 16.0 Å². The molecule has 0 aliphatic heterocycles. The molecule has 0 aliphatic carbocycles. The van der Waals surface area contributed by atoms with Crippen molar-refractivity contribution in [2.45, 2.75) is 6.54 Å². The first-order valence-electron chi connectivity index (χ1n) is 6.20. The second-order valence-electron chi connectivity index (χ2n) is 4.47. The Hall–Kier alpha value is -2.14. The molecular weight excluding hydrogens is 270 g/mol. The molecule has 0 saturated carbocycles. The van der Waals surface area contributed by atoms with Gasteiger partial charge in [0.05, 0.1) is 12.8 Å². The summed E-state index contributed by atoms with van der Waals surface area (Å²) in [4.78, 5) is 6.56. The van der Waals surface area contributed by atoms with Crippen LogP contribution in [0, 0.1) is 0 Å². The molecule has 20 heavy (non-hydrogen) atoms. The van der Waals surface area contributed by atoms with E-state index in [1.54, 1.807) is 13.3 Å². The Kier molecular flexibility index (Phi) is 4.53. The van der Waals surface area contributed by atoms with Gasteiger partial charge in [0, 0.05) is 25.5 Å². The summed E-state index contributed by atoms with van der Waals surface area (Å²) in [5.74, 6) is 0.856. The molecule has 0 fully saturated rings. The molecule has 0 amide bonds. The van der Waals surface area contributed by atoms with E-state index in [-0.39, 0.29) is 0 Å². The summed E-state index contributed by atoms with van der Waals surface area (Å²) in [6.07, 6.45) is 1.71. The fraction of sp³-hybridized carbons (Fsp3) is 0.200. The van der Waals surface area contributed by atoms with Crippen LogP contribution in [0.25, 0.3) is 0 Å². The summed E-state index contributed by atoms with van der Waals surface area (Å²) in [6.45, 7) is 0.762. The van der Waals surface area contributed by atoms with Crippen LogP contribution in [-0.4, -0.2) is 24.1 Å². The zero-order valence-corrected chi connectivity index (χ0v) is 12.4. The average molecular weight is 287 g/mol. The van der Waals surface area contributed by atoms with Crippen molar-refractivity contribution in [1.29, 1.82) is 0 Å². The van der Waals surface area contributed by atoms with Crippen LogP contribution in [0.5, 0.6) is 5.75 Å². The molecule has 0 spiro atoms. The van der Waals surface area contributed by atoms with Crippen LogP contribution in [0.15, 0.2) is 42.6 Å². The third-order valence-electron chi connectivity index (χ3n) is 2.99. The third kappa shape index (κ3) is 3.45.